The third-order valence-corrected chi connectivity index (χ3v) is 3.81. The summed E-state index contributed by atoms with van der Waals surface area (Å²) in [6, 6.07) is 4.66. The summed E-state index contributed by atoms with van der Waals surface area (Å²) in [5.74, 6) is -3.54. The van der Waals surface area contributed by atoms with Crippen molar-refractivity contribution in [3.05, 3.63) is 39.9 Å². The van der Waals surface area contributed by atoms with Crippen LogP contribution in [-0.4, -0.2) is 27.1 Å². The highest BCUT2D eigenvalue weighted by molar-refractivity contribution is 6.05. The van der Waals surface area contributed by atoms with Crippen LogP contribution >= 0.6 is 0 Å². The number of nitro benzene ring substituents is 1. The molecule has 114 valence electrons. The highest BCUT2D eigenvalue weighted by Crippen LogP contribution is 2.38. The third-order valence-electron chi connectivity index (χ3n) is 3.81. The normalized spacial score (nSPS) is 11.4. The molecule has 7 nitrogen and oxygen atoms in total. The van der Waals surface area contributed by atoms with Crippen LogP contribution in [-0.2, 0) is 15.0 Å². The molecule has 0 heterocycles. The van der Waals surface area contributed by atoms with Crippen LogP contribution in [0.25, 0.3) is 0 Å². The first-order chi connectivity index (χ1) is 9.82. The Balaban J connectivity index is 3.52. The average molecular weight is 295 g/mol. The third kappa shape index (κ3) is 2.72. The Morgan fingerprint density at radius 1 is 1.14 bits per heavy atom. The lowest BCUT2D eigenvalue weighted by Crippen LogP contribution is -2.49. The molecule has 1 rings (SSSR count). The molecule has 21 heavy (non-hydrogen) atoms. The van der Waals surface area contributed by atoms with Gasteiger partial charge in [-0.2, -0.15) is 0 Å². The van der Waals surface area contributed by atoms with Crippen molar-refractivity contribution in [2.45, 2.75) is 32.1 Å². The summed E-state index contributed by atoms with van der Waals surface area (Å²) in [7, 11) is 0. The molecule has 7 heteroatoms. The minimum atomic E-state index is -2.10. The number of hydrogen-bond donors (Lipinski definition) is 2. The predicted molar refractivity (Wildman–Crippen MR) is 74.1 cm³/mol. The number of non-ortho nitro benzene ring substituents is 1. The van der Waals surface area contributed by atoms with Crippen molar-refractivity contribution in [3.8, 4) is 0 Å². The zero-order valence-corrected chi connectivity index (χ0v) is 11.8. The number of nitrogens with zero attached hydrogens (tertiary/aromatic N) is 1. The molecule has 0 atom stereocenters. The first-order valence-corrected chi connectivity index (χ1v) is 6.53. The van der Waals surface area contributed by atoms with Gasteiger partial charge in [0.2, 0.25) is 0 Å². The number of hydrogen-bond acceptors (Lipinski definition) is 4. The first-order valence-electron chi connectivity index (χ1n) is 6.53. The van der Waals surface area contributed by atoms with Gasteiger partial charge in [0.1, 0.15) is 0 Å². The van der Waals surface area contributed by atoms with Crippen molar-refractivity contribution in [1.29, 1.82) is 0 Å². The summed E-state index contributed by atoms with van der Waals surface area (Å²) in [4.78, 5) is 33.5. The summed E-state index contributed by atoms with van der Waals surface area (Å²) in [5.41, 5.74) is -2.27. The van der Waals surface area contributed by atoms with Crippen LogP contribution in [0.3, 0.4) is 0 Å². The molecular formula is C14H17NO6. The van der Waals surface area contributed by atoms with Crippen molar-refractivity contribution in [3.63, 3.8) is 0 Å². The van der Waals surface area contributed by atoms with Crippen LogP contribution < -0.4 is 0 Å². The lowest BCUT2D eigenvalue weighted by molar-refractivity contribution is -0.384. The van der Waals surface area contributed by atoms with E-state index in [9.17, 15) is 29.9 Å². The van der Waals surface area contributed by atoms with Gasteiger partial charge in [0.25, 0.3) is 5.69 Å². The molecule has 0 radical (unpaired) electrons. The first kappa shape index (κ1) is 16.6. The van der Waals surface area contributed by atoms with E-state index in [-0.39, 0.29) is 11.3 Å². The fraction of sp³-hybridized carbons (Fsp3) is 0.429. The molecular weight excluding hydrogens is 278 g/mol. The Hall–Kier alpha value is -2.44. The van der Waals surface area contributed by atoms with E-state index in [2.05, 4.69) is 0 Å². The number of carbonyl (C=O) groups is 2. The zero-order valence-electron chi connectivity index (χ0n) is 11.8. The largest absolute Gasteiger partial charge is 0.480 e. The lowest BCUT2D eigenvalue weighted by Gasteiger charge is -2.32. The van der Waals surface area contributed by atoms with E-state index in [4.69, 9.17) is 0 Å². The summed E-state index contributed by atoms with van der Waals surface area (Å²) >= 11 is 0. The van der Waals surface area contributed by atoms with Gasteiger partial charge in [0.05, 0.1) is 4.92 Å². The van der Waals surface area contributed by atoms with Crippen molar-refractivity contribution in [2.24, 2.45) is 5.92 Å². The molecule has 0 saturated carbocycles. The number of rotatable bonds is 7. The Morgan fingerprint density at radius 3 is 1.86 bits per heavy atom. The smallest absolute Gasteiger partial charge is 0.325 e. The van der Waals surface area contributed by atoms with Crippen LogP contribution in [0.4, 0.5) is 5.69 Å². The molecule has 2 N–H and O–H groups in total. The SMILES string of the molecule is CCC(CC)C(C(=O)O)(C(=O)O)c1ccc([N+](=O)[O-])cc1. The topological polar surface area (TPSA) is 118 Å². The minimum Gasteiger partial charge on any atom is -0.480 e. The van der Waals surface area contributed by atoms with Crippen LogP contribution in [0, 0.1) is 16.0 Å². The lowest BCUT2D eigenvalue weighted by atomic mass is 9.68. The number of benzene rings is 1. The van der Waals surface area contributed by atoms with E-state index in [0.29, 0.717) is 12.8 Å². The van der Waals surface area contributed by atoms with E-state index in [1.807, 2.05) is 0 Å². The van der Waals surface area contributed by atoms with Gasteiger partial charge in [-0.1, -0.05) is 38.8 Å². The van der Waals surface area contributed by atoms with E-state index < -0.39 is 28.2 Å². The van der Waals surface area contributed by atoms with Crippen LogP contribution in [0.5, 0.6) is 0 Å². The number of carboxylic acids is 2. The van der Waals surface area contributed by atoms with Crippen molar-refractivity contribution < 1.29 is 24.7 Å². The van der Waals surface area contributed by atoms with Gasteiger partial charge >= 0.3 is 11.9 Å². The second-order valence-electron chi connectivity index (χ2n) is 4.74. The van der Waals surface area contributed by atoms with Crippen LogP contribution in [0.1, 0.15) is 32.3 Å². The number of carboxylic acid groups (broad SMARTS) is 2. The molecule has 0 unspecified atom stereocenters. The number of nitro groups is 1. The van der Waals surface area contributed by atoms with E-state index in [0.717, 1.165) is 12.1 Å². The van der Waals surface area contributed by atoms with Crippen molar-refractivity contribution in [1.82, 2.24) is 0 Å². The minimum absolute atomic E-state index is 0.0433. The maximum Gasteiger partial charge on any atom is 0.325 e. The standard InChI is InChI=1S/C14H17NO6/c1-3-9(4-2)14(12(16)17,13(18)19)10-5-7-11(8-6-10)15(20)21/h5-9H,3-4H2,1-2H3,(H,16,17)(H,18,19). The molecule has 0 saturated heterocycles. The highest BCUT2D eigenvalue weighted by atomic mass is 16.6. The summed E-state index contributed by atoms with van der Waals surface area (Å²) in [6.07, 6.45) is 0.734. The maximum atomic E-state index is 11.7. The van der Waals surface area contributed by atoms with Gasteiger partial charge in [0, 0.05) is 12.1 Å². The Kier molecular flexibility index (Phi) is 5.02. The molecule has 1 aromatic carbocycles. The Bertz CT molecular complexity index is 533. The summed E-state index contributed by atoms with van der Waals surface area (Å²) < 4.78 is 0. The second kappa shape index (κ2) is 6.34. The monoisotopic (exact) mass is 295 g/mol. The van der Waals surface area contributed by atoms with Crippen LogP contribution in [0.2, 0.25) is 0 Å². The van der Waals surface area contributed by atoms with E-state index in [1.165, 1.54) is 12.1 Å². The molecule has 0 bridgehead atoms. The van der Waals surface area contributed by atoms with Gasteiger partial charge in [-0.25, -0.2) is 0 Å². The quantitative estimate of drug-likeness (QED) is 0.453. The summed E-state index contributed by atoms with van der Waals surface area (Å²) in [6.45, 7) is 3.44. The Morgan fingerprint density at radius 2 is 1.57 bits per heavy atom. The van der Waals surface area contributed by atoms with Crippen molar-refractivity contribution in [2.75, 3.05) is 0 Å². The average Bonchev–Trinajstić information content (AvgIpc) is 2.43. The number of aliphatic carboxylic acids is 2. The molecule has 1 aromatic rings. The van der Waals surface area contributed by atoms with Gasteiger partial charge in [0.15, 0.2) is 5.41 Å². The summed E-state index contributed by atoms with van der Waals surface area (Å²) in [5, 5.41) is 29.7. The molecule has 0 fully saturated rings. The zero-order chi connectivity index (χ0) is 16.2. The van der Waals surface area contributed by atoms with Gasteiger partial charge in [-0.05, 0) is 11.5 Å². The van der Waals surface area contributed by atoms with Crippen LogP contribution in [0.15, 0.2) is 24.3 Å². The molecule has 0 aromatic heterocycles. The van der Waals surface area contributed by atoms with E-state index in [1.54, 1.807) is 13.8 Å². The van der Waals surface area contributed by atoms with E-state index >= 15 is 0 Å². The fourth-order valence-electron chi connectivity index (χ4n) is 2.67. The van der Waals surface area contributed by atoms with Gasteiger partial charge in [-0.3, -0.25) is 19.7 Å². The maximum absolute atomic E-state index is 11.7. The second-order valence-corrected chi connectivity index (χ2v) is 4.74. The predicted octanol–water partition coefficient (Wildman–Crippen LogP) is 2.44. The molecule has 0 spiro atoms. The fourth-order valence-corrected chi connectivity index (χ4v) is 2.67. The Labute approximate surface area is 121 Å². The molecule has 0 aliphatic carbocycles. The van der Waals surface area contributed by atoms with Crippen molar-refractivity contribution >= 4 is 17.6 Å². The molecule has 0 aliphatic heterocycles. The highest BCUT2D eigenvalue weighted by Gasteiger charge is 2.53. The molecule has 0 aliphatic rings. The van der Waals surface area contributed by atoms with Gasteiger partial charge < -0.3 is 10.2 Å². The molecule has 0 amide bonds. The van der Waals surface area contributed by atoms with Gasteiger partial charge in [-0.15, -0.1) is 0 Å².